The van der Waals surface area contributed by atoms with Crippen LogP contribution in [0.3, 0.4) is 0 Å². The monoisotopic (exact) mass is 457 g/mol. The lowest BCUT2D eigenvalue weighted by Crippen LogP contribution is -2.33. The number of hydrogen-bond acceptors (Lipinski definition) is 4. The average molecular weight is 458 g/mol. The number of likely N-dealkylation sites (tertiary alicyclic amines) is 1. The summed E-state index contributed by atoms with van der Waals surface area (Å²) in [4.78, 5) is 3.96. The molecule has 0 amide bonds. The zero-order valence-corrected chi connectivity index (χ0v) is 20.2. The van der Waals surface area contributed by atoms with Gasteiger partial charge in [0.25, 0.3) is 0 Å². The number of piperidine rings is 1. The Morgan fingerprint density at radius 1 is 0.939 bits per heavy atom. The SMILES string of the molecule is COc1ccc2c3c(sc2c1)C1=CCCCC1=C3c1ccc(OCCN2CCCCC2)cc1. The van der Waals surface area contributed by atoms with E-state index in [1.165, 1.54) is 88.0 Å². The van der Waals surface area contributed by atoms with Crippen LogP contribution in [0.15, 0.2) is 54.1 Å². The molecule has 33 heavy (non-hydrogen) atoms. The Kier molecular flexibility index (Phi) is 5.73. The molecule has 170 valence electrons. The van der Waals surface area contributed by atoms with Crippen molar-refractivity contribution < 1.29 is 9.47 Å². The molecule has 1 aromatic heterocycles. The number of thiophene rings is 1. The zero-order chi connectivity index (χ0) is 22.2. The lowest BCUT2D eigenvalue weighted by Gasteiger charge is -2.26. The summed E-state index contributed by atoms with van der Waals surface area (Å²) in [6, 6.07) is 15.3. The van der Waals surface area contributed by atoms with Crippen LogP contribution in [0.4, 0.5) is 0 Å². The minimum atomic E-state index is 0.765. The van der Waals surface area contributed by atoms with Gasteiger partial charge in [-0.1, -0.05) is 24.6 Å². The largest absolute Gasteiger partial charge is 0.497 e. The first-order chi connectivity index (χ1) is 16.3. The van der Waals surface area contributed by atoms with Crippen LogP contribution in [0.5, 0.6) is 11.5 Å². The maximum absolute atomic E-state index is 6.10. The normalized spacial score (nSPS) is 18.3. The Hall–Kier alpha value is -2.56. The highest BCUT2D eigenvalue weighted by molar-refractivity contribution is 7.20. The maximum Gasteiger partial charge on any atom is 0.120 e. The molecule has 0 N–H and O–H groups in total. The van der Waals surface area contributed by atoms with Crippen molar-refractivity contribution in [1.29, 1.82) is 0 Å². The van der Waals surface area contributed by atoms with Gasteiger partial charge in [-0.2, -0.15) is 0 Å². The van der Waals surface area contributed by atoms with Crippen LogP contribution in [-0.2, 0) is 0 Å². The van der Waals surface area contributed by atoms with E-state index in [0.29, 0.717) is 0 Å². The molecule has 2 heterocycles. The van der Waals surface area contributed by atoms with Crippen LogP contribution in [-0.4, -0.2) is 38.3 Å². The second-order valence-corrected chi connectivity index (χ2v) is 10.4. The number of hydrogen-bond donors (Lipinski definition) is 0. The molecule has 3 aliphatic rings. The van der Waals surface area contributed by atoms with Gasteiger partial charge in [0, 0.05) is 27.1 Å². The molecule has 2 aromatic carbocycles. The second kappa shape index (κ2) is 9.00. The fraction of sp³-hybridized carbons (Fsp3) is 0.379. The number of nitrogens with zero attached hydrogens (tertiary/aromatic N) is 1. The first-order valence-electron chi connectivity index (χ1n) is 12.3. The lowest BCUT2D eigenvalue weighted by molar-refractivity contribution is 0.183. The molecule has 0 spiro atoms. The van der Waals surface area contributed by atoms with E-state index in [0.717, 1.165) is 31.1 Å². The van der Waals surface area contributed by atoms with Gasteiger partial charge < -0.3 is 9.47 Å². The fourth-order valence-electron chi connectivity index (χ4n) is 5.58. The minimum Gasteiger partial charge on any atom is -0.497 e. The van der Waals surface area contributed by atoms with Crippen LogP contribution in [0.25, 0.3) is 21.2 Å². The van der Waals surface area contributed by atoms with Gasteiger partial charge in [-0.05, 0) is 97.8 Å². The highest BCUT2D eigenvalue weighted by atomic mass is 32.1. The standard InChI is InChI=1S/C29H31NO2S/c1-31-22-13-14-25-26(19-22)33-29-24-8-4-3-7-23(24)27(28(25)29)20-9-11-21(12-10-20)32-18-17-30-15-5-2-6-16-30/h8-14,19H,2-7,15-18H2,1H3. The number of methoxy groups -OCH3 is 1. The molecule has 1 saturated heterocycles. The van der Waals surface area contributed by atoms with E-state index >= 15 is 0 Å². The van der Waals surface area contributed by atoms with Crippen LogP contribution in [0, 0.1) is 0 Å². The average Bonchev–Trinajstić information content (AvgIpc) is 3.39. The maximum atomic E-state index is 6.10. The molecule has 3 nitrogen and oxygen atoms in total. The number of ether oxygens (including phenoxy) is 2. The van der Waals surface area contributed by atoms with Gasteiger partial charge >= 0.3 is 0 Å². The van der Waals surface area contributed by atoms with Crippen molar-refractivity contribution in [2.24, 2.45) is 0 Å². The first-order valence-corrected chi connectivity index (χ1v) is 13.1. The number of benzene rings is 2. The summed E-state index contributed by atoms with van der Waals surface area (Å²) in [7, 11) is 1.74. The van der Waals surface area contributed by atoms with Crippen molar-refractivity contribution in [3.8, 4) is 11.5 Å². The summed E-state index contributed by atoms with van der Waals surface area (Å²) in [5.41, 5.74) is 7.13. The molecule has 0 unspecified atom stereocenters. The summed E-state index contributed by atoms with van der Waals surface area (Å²) < 4.78 is 12.9. The number of allylic oxidation sites excluding steroid dienone is 3. The molecule has 0 bridgehead atoms. The zero-order valence-electron chi connectivity index (χ0n) is 19.4. The van der Waals surface area contributed by atoms with Gasteiger partial charge in [-0.15, -0.1) is 11.3 Å². The van der Waals surface area contributed by atoms with Crippen molar-refractivity contribution in [2.75, 3.05) is 33.4 Å². The van der Waals surface area contributed by atoms with Gasteiger partial charge in [-0.3, -0.25) is 4.90 Å². The molecule has 3 aromatic rings. The predicted octanol–water partition coefficient (Wildman–Crippen LogP) is 7.16. The Morgan fingerprint density at radius 3 is 2.58 bits per heavy atom. The summed E-state index contributed by atoms with van der Waals surface area (Å²) in [6.07, 6.45) is 10.1. The lowest BCUT2D eigenvalue weighted by atomic mass is 9.91. The smallest absolute Gasteiger partial charge is 0.120 e. The summed E-state index contributed by atoms with van der Waals surface area (Å²) in [5.74, 6) is 1.90. The van der Waals surface area contributed by atoms with E-state index in [4.69, 9.17) is 9.47 Å². The van der Waals surface area contributed by atoms with Crippen LogP contribution >= 0.6 is 11.3 Å². The van der Waals surface area contributed by atoms with Crippen LogP contribution in [0.1, 0.15) is 54.5 Å². The minimum absolute atomic E-state index is 0.765. The summed E-state index contributed by atoms with van der Waals surface area (Å²) in [6.45, 7) is 4.23. The van der Waals surface area contributed by atoms with E-state index in [-0.39, 0.29) is 0 Å². The third-order valence-electron chi connectivity index (χ3n) is 7.27. The van der Waals surface area contributed by atoms with Gasteiger partial charge in [0.1, 0.15) is 18.1 Å². The highest BCUT2D eigenvalue weighted by Crippen LogP contribution is 2.54. The van der Waals surface area contributed by atoms with Gasteiger partial charge in [0.15, 0.2) is 0 Å². The van der Waals surface area contributed by atoms with Crippen LogP contribution < -0.4 is 9.47 Å². The molecule has 1 fully saturated rings. The second-order valence-electron chi connectivity index (χ2n) is 9.31. The van der Waals surface area contributed by atoms with E-state index in [1.807, 2.05) is 11.3 Å². The van der Waals surface area contributed by atoms with Gasteiger partial charge in [-0.25, -0.2) is 0 Å². The Morgan fingerprint density at radius 2 is 1.76 bits per heavy atom. The Balaban J connectivity index is 1.29. The van der Waals surface area contributed by atoms with E-state index in [1.54, 1.807) is 7.11 Å². The summed E-state index contributed by atoms with van der Waals surface area (Å²) in [5, 5.41) is 1.34. The van der Waals surface area contributed by atoms with Crippen molar-refractivity contribution in [1.82, 2.24) is 4.90 Å². The predicted molar refractivity (Wildman–Crippen MR) is 138 cm³/mol. The summed E-state index contributed by atoms with van der Waals surface area (Å²) >= 11 is 1.91. The van der Waals surface area contributed by atoms with Gasteiger partial charge in [0.2, 0.25) is 0 Å². The van der Waals surface area contributed by atoms with E-state index < -0.39 is 0 Å². The molecule has 1 aliphatic heterocycles. The van der Waals surface area contributed by atoms with E-state index in [2.05, 4.69) is 53.4 Å². The third kappa shape index (κ3) is 3.89. The van der Waals surface area contributed by atoms with Crippen molar-refractivity contribution in [3.05, 3.63) is 70.1 Å². The van der Waals surface area contributed by atoms with Gasteiger partial charge in [0.05, 0.1) is 7.11 Å². The van der Waals surface area contributed by atoms with Crippen molar-refractivity contribution >= 4 is 32.6 Å². The quantitative estimate of drug-likeness (QED) is 0.392. The fourth-order valence-corrected chi connectivity index (χ4v) is 6.88. The number of rotatable bonds is 6. The highest BCUT2D eigenvalue weighted by Gasteiger charge is 2.32. The molecule has 2 aliphatic carbocycles. The molecule has 4 heteroatoms. The molecule has 0 saturated carbocycles. The third-order valence-corrected chi connectivity index (χ3v) is 8.45. The molecule has 6 rings (SSSR count). The number of fused-ring (bicyclic) bond motifs is 5. The Labute approximate surface area is 200 Å². The topological polar surface area (TPSA) is 21.7 Å². The molecule has 0 radical (unpaired) electrons. The Bertz CT molecular complexity index is 1230. The van der Waals surface area contributed by atoms with E-state index in [9.17, 15) is 0 Å². The molecule has 0 atom stereocenters. The van der Waals surface area contributed by atoms with Crippen molar-refractivity contribution in [2.45, 2.75) is 38.5 Å². The molecular formula is C29H31NO2S. The molecular weight excluding hydrogens is 426 g/mol. The van der Waals surface area contributed by atoms with Crippen molar-refractivity contribution in [3.63, 3.8) is 0 Å². The van der Waals surface area contributed by atoms with Crippen LogP contribution in [0.2, 0.25) is 0 Å². The first kappa shape index (κ1) is 21.0.